The average molecular weight is 383 g/mol. The number of hydrogen-bond donors (Lipinski definition) is 0. The van der Waals surface area contributed by atoms with Crippen molar-refractivity contribution in [2.45, 2.75) is 24.6 Å². The highest BCUT2D eigenvalue weighted by Crippen LogP contribution is 2.24. The van der Waals surface area contributed by atoms with Crippen molar-refractivity contribution in [3.8, 4) is 0 Å². The highest BCUT2D eigenvalue weighted by molar-refractivity contribution is 7.92. The van der Waals surface area contributed by atoms with Gasteiger partial charge in [0.25, 0.3) is 10.0 Å². The number of thiophene rings is 1. The summed E-state index contributed by atoms with van der Waals surface area (Å²) in [7, 11) is -2.07. The van der Waals surface area contributed by atoms with Crippen molar-refractivity contribution in [1.82, 2.24) is 4.57 Å². The molecule has 128 valence electrons. The fourth-order valence-electron chi connectivity index (χ4n) is 2.54. The molecule has 3 aromatic rings. The molecule has 0 N–H and O–H groups in total. The van der Waals surface area contributed by atoms with Crippen LogP contribution in [0.5, 0.6) is 0 Å². The first-order valence-electron chi connectivity index (χ1n) is 7.36. The van der Waals surface area contributed by atoms with Gasteiger partial charge in [-0.3, -0.25) is 0 Å². The maximum Gasteiger partial charge on any atom is 0.294 e. The molecule has 24 heavy (non-hydrogen) atoms. The van der Waals surface area contributed by atoms with Crippen LogP contribution in [0.4, 0.5) is 0 Å². The van der Waals surface area contributed by atoms with Gasteiger partial charge in [-0.25, -0.2) is 0 Å². The SMILES string of the molecule is COCCn1c(=NS(=O)(=O)c2cccs2)sc2c(C)cc(C)cc21. The molecule has 5 nitrogen and oxygen atoms in total. The molecule has 0 atom stereocenters. The van der Waals surface area contributed by atoms with Crippen LogP contribution in [0.25, 0.3) is 10.2 Å². The van der Waals surface area contributed by atoms with Gasteiger partial charge in [-0.15, -0.1) is 15.7 Å². The van der Waals surface area contributed by atoms with Gasteiger partial charge in [0.1, 0.15) is 4.21 Å². The van der Waals surface area contributed by atoms with Crippen LogP contribution < -0.4 is 4.80 Å². The Morgan fingerprint density at radius 3 is 2.75 bits per heavy atom. The highest BCUT2D eigenvalue weighted by Gasteiger charge is 2.16. The Hall–Kier alpha value is -1.48. The fourth-order valence-corrected chi connectivity index (χ4v) is 5.82. The van der Waals surface area contributed by atoms with Crippen molar-refractivity contribution in [2.75, 3.05) is 13.7 Å². The molecule has 0 spiro atoms. The summed E-state index contributed by atoms with van der Waals surface area (Å²) in [4.78, 5) is 0.476. The van der Waals surface area contributed by atoms with Crippen LogP contribution in [0, 0.1) is 13.8 Å². The number of methoxy groups -OCH3 is 1. The van der Waals surface area contributed by atoms with Crippen molar-refractivity contribution in [2.24, 2.45) is 4.40 Å². The van der Waals surface area contributed by atoms with Gasteiger partial charge in [-0.2, -0.15) is 8.42 Å². The summed E-state index contributed by atoms with van der Waals surface area (Å²) < 4.78 is 37.6. The van der Waals surface area contributed by atoms with E-state index in [2.05, 4.69) is 16.5 Å². The molecule has 0 unspecified atom stereocenters. The van der Waals surface area contributed by atoms with E-state index in [0.29, 0.717) is 18.0 Å². The van der Waals surface area contributed by atoms with Crippen molar-refractivity contribution >= 4 is 42.9 Å². The van der Waals surface area contributed by atoms with Crippen LogP contribution in [-0.2, 0) is 21.3 Å². The van der Waals surface area contributed by atoms with Gasteiger partial charge in [0.2, 0.25) is 4.80 Å². The van der Waals surface area contributed by atoms with Crippen LogP contribution in [0.3, 0.4) is 0 Å². The zero-order valence-corrected chi connectivity index (χ0v) is 16.1. The van der Waals surface area contributed by atoms with Gasteiger partial charge in [0, 0.05) is 13.7 Å². The topological polar surface area (TPSA) is 60.7 Å². The fraction of sp³-hybridized carbons (Fsp3) is 0.312. The summed E-state index contributed by atoms with van der Waals surface area (Å²) in [5.41, 5.74) is 3.25. The molecule has 2 aromatic heterocycles. The normalized spacial score (nSPS) is 13.0. The quantitative estimate of drug-likeness (QED) is 0.680. The number of nitrogens with zero attached hydrogens (tertiary/aromatic N) is 2. The number of aromatic nitrogens is 1. The number of fused-ring (bicyclic) bond motifs is 1. The lowest BCUT2D eigenvalue weighted by Crippen LogP contribution is -2.19. The third-order valence-corrected chi connectivity index (χ3v) is 7.57. The Morgan fingerprint density at radius 1 is 1.29 bits per heavy atom. The number of rotatable bonds is 5. The molecule has 2 heterocycles. The van der Waals surface area contributed by atoms with Crippen LogP contribution in [0.2, 0.25) is 0 Å². The van der Waals surface area contributed by atoms with Gasteiger partial charge in [0.05, 0.1) is 16.8 Å². The summed E-state index contributed by atoms with van der Waals surface area (Å²) in [6, 6.07) is 7.44. The zero-order chi connectivity index (χ0) is 17.3. The van der Waals surface area contributed by atoms with E-state index in [1.54, 1.807) is 24.6 Å². The van der Waals surface area contributed by atoms with Crippen molar-refractivity contribution in [3.05, 3.63) is 45.6 Å². The minimum Gasteiger partial charge on any atom is -0.383 e. The second-order valence-electron chi connectivity index (χ2n) is 5.46. The summed E-state index contributed by atoms with van der Waals surface area (Å²) in [5, 5.41) is 1.74. The monoisotopic (exact) mass is 382 g/mol. The molecule has 0 aliphatic carbocycles. The lowest BCUT2D eigenvalue weighted by atomic mass is 10.1. The minimum atomic E-state index is -3.70. The van der Waals surface area contributed by atoms with Crippen LogP contribution in [0.1, 0.15) is 11.1 Å². The third-order valence-electron chi connectivity index (χ3n) is 3.58. The Labute approximate surface area is 148 Å². The van der Waals surface area contributed by atoms with E-state index in [4.69, 9.17) is 4.74 Å². The number of sulfonamides is 1. The number of thiazole rings is 1. The second-order valence-corrected chi connectivity index (χ2v) is 9.21. The Balaban J connectivity index is 2.27. The first kappa shape index (κ1) is 17.3. The van der Waals surface area contributed by atoms with Gasteiger partial charge >= 0.3 is 0 Å². The van der Waals surface area contributed by atoms with Crippen LogP contribution in [-0.4, -0.2) is 26.7 Å². The molecule has 0 fully saturated rings. The zero-order valence-electron chi connectivity index (χ0n) is 13.6. The summed E-state index contributed by atoms with van der Waals surface area (Å²) in [6.45, 7) is 5.11. The molecule has 0 bridgehead atoms. The standard InChI is InChI=1S/C16H18N2O3S3/c1-11-9-12(2)15-13(10-11)18(6-7-21-3)16(23-15)17-24(19,20)14-5-4-8-22-14/h4-5,8-10H,6-7H2,1-3H3. The predicted octanol–water partition coefficient (Wildman–Crippen LogP) is 3.32. The minimum absolute atomic E-state index is 0.256. The van der Waals surface area contributed by atoms with E-state index in [9.17, 15) is 8.42 Å². The molecule has 1 aromatic carbocycles. The molecule has 0 saturated heterocycles. The van der Waals surface area contributed by atoms with E-state index < -0.39 is 10.0 Å². The Kier molecular flexibility index (Phi) is 4.91. The lowest BCUT2D eigenvalue weighted by molar-refractivity contribution is 0.187. The molecule has 0 aliphatic heterocycles. The maximum atomic E-state index is 12.5. The Bertz CT molecular complexity index is 1030. The van der Waals surface area contributed by atoms with Crippen molar-refractivity contribution in [1.29, 1.82) is 0 Å². The molecule has 8 heteroatoms. The summed E-state index contributed by atoms with van der Waals surface area (Å²) in [6.07, 6.45) is 0. The predicted molar refractivity (Wildman–Crippen MR) is 98.2 cm³/mol. The van der Waals surface area contributed by atoms with E-state index in [0.717, 1.165) is 21.3 Å². The first-order valence-corrected chi connectivity index (χ1v) is 10.5. The number of benzene rings is 1. The molecule has 0 amide bonds. The largest absolute Gasteiger partial charge is 0.383 e. The van der Waals surface area contributed by atoms with E-state index in [1.165, 1.54) is 22.7 Å². The van der Waals surface area contributed by atoms with Crippen LogP contribution >= 0.6 is 22.7 Å². The number of aryl methyl sites for hydroxylation is 2. The highest BCUT2D eigenvalue weighted by atomic mass is 32.2. The van der Waals surface area contributed by atoms with E-state index >= 15 is 0 Å². The number of hydrogen-bond acceptors (Lipinski definition) is 5. The third kappa shape index (κ3) is 3.32. The van der Waals surface area contributed by atoms with Crippen LogP contribution in [0.15, 0.2) is 38.3 Å². The van der Waals surface area contributed by atoms with E-state index in [1.807, 2.05) is 18.4 Å². The second kappa shape index (κ2) is 6.79. The van der Waals surface area contributed by atoms with Gasteiger partial charge in [0.15, 0.2) is 0 Å². The van der Waals surface area contributed by atoms with Gasteiger partial charge < -0.3 is 9.30 Å². The molecular weight excluding hydrogens is 364 g/mol. The molecule has 0 aliphatic rings. The molecular formula is C16H18N2O3S3. The van der Waals surface area contributed by atoms with E-state index in [-0.39, 0.29) is 4.21 Å². The smallest absolute Gasteiger partial charge is 0.294 e. The average Bonchev–Trinajstić information content (AvgIpc) is 3.14. The molecule has 0 saturated carbocycles. The Morgan fingerprint density at radius 2 is 2.08 bits per heavy atom. The number of ether oxygens (including phenoxy) is 1. The summed E-state index contributed by atoms with van der Waals surface area (Å²) in [5.74, 6) is 0. The molecule has 3 rings (SSSR count). The maximum absolute atomic E-state index is 12.5. The molecule has 0 radical (unpaired) electrons. The lowest BCUT2D eigenvalue weighted by Gasteiger charge is -2.06. The van der Waals surface area contributed by atoms with Gasteiger partial charge in [-0.1, -0.05) is 23.5 Å². The van der Waals surface area contributed by atoms with Crippen molar-refractivity contribution < 1.29 is 13.2 Å². The van der Waals surface area contributed by atoms with Crippen molar-refractivity contribution in [3.63, 3.8) is 0 Å². The first-order chi connectivity index (χ1) is 11.4. The van der Waals surface area contributed by atoms with Gasteiger partial charge in [-0.05, 0) is 42.5 Å². The summed E-state index contributed by atoms with van der Waals surface area (Å²) >= 11 is 2.57.